The standard InChI is InChI=1S/C14H23NO3/c1-16-7-6-12-9-17-14(18-10-12)13-4-2-11(8-15)3-5-13/h11-14H,2-7,9-10H2,1H3/t11?,12-,13?,14-. The van der Waals surface area contributed by atoms with Crippen molar-refractivity contribution in [3.63, 3.8) is 0 Å². The van der Waals surface area contributed by atoms with Crippen molar-refractivity contribution in [1.29, 1.82) is 5.26 Å². The molecule has 1 aliphatic heterocycles. The number of hydrogen-bond acceptors (Lipinski definition) is 4. The molecule has 0 aromatic heterocycles. The summed E-state index contributed by atoms with van der Waals surface area (Å²) in [5, 5.41) is 8.88. The van der Waals surface area contributed by atoms with Gasteiger partial charge >= 0.3 is 0 Å². The molecule has 4 nitrogen and oxygen atoms in total. The zero-order valence-corrected chi connectivity index (χ0v) is 11.1. The van der Waals surface area contributed by atoms with Crippen molar-refractivity contribution in [3.05, 3.63) is 0 Å². The number of rotatable bonds is 4. The highest BCUT2D eigenvalue weighted by Crippen LogP contribution is 2.33. The number of nitriles is 1. The van der Waals surface area contributed by atoms with E-state index in [4.69, 9.17) is 19.5 Å². The maximum atomic E-state index is 8.88. The molecule has 0 aromatic rings. The molecule has 1 aliphatic carbocycles. The molecule has 0 radical (unpaired) electrons. The van der Waals surface area contributed by atoms with E-state index in [2.05, 4.69) is 6.07 Å². The Kier molecular flexibility index (Phi) is 5.43. The molecule has 0 bridgehead atoms. The van der Waals surface area contributed by atoms with E-state index >= 15 is 0 Å². The summed E-state index contributed by atoms with van der Waals surface area (Å²) in [7, 11) is 1.72. The molecule has 102 valence electrons. The summed E-state index contributed by atoms with van der Waals surface area (Å²) in [6, 6.07) is 2.36. The van der Waals surface area contributed by atoms with Crippen molar-refractivity contribution >= 4 is 0 Å². The van der Waals surface area contributed by atoms with Gasteiger partial charge in [-0.05, 0) is 32.1 Å². The van der Waals surface area contributed by atoms with E-state index in [9.17, 15) is 0 Å². The lowest BCUT2D eigenvalue weighted by atomic mass is 9.82. The van der Waals surface area contributed by atoms with E-state index in [0.717, 1.165) is 51.9 Å². The predicted octanol–water partition coefficient (Wildman–Crippen LogP) is 2.34. The Balaban J connectivity index is 1.69. The molecule has 18 heavy (non-hydrogen) atoms. The van der Waals surface area contributed by atoms with E-state index in [1.54, 1.807) is 7.11 Å². The van der Waals surface area contributed by atoms with Gasteiger partial charge in [0.1, 0.15) is 0 Å². The molecule has 4 heteroatoms. The fraction of sp³-hybridized carbons (Fsp3) is 0.929. The quantitative estimate of drug-likeness (QED) is 0.771. The molecule has 1 heterocycles. The second-order valence-electron chi connectivity index (χ2n) is 5.42. The maximum absolute atomic E-state index is 8.88. The lowest BCUT2D eigenvalue weighted by molar-refractivity contribution is -0.230. The molecule has 0 atom stereocenters. The average Bonchev–Trinajstić information content (AvgIpc) is 2.46. The van der Waals surface area contributed by atoms with Crippen LogP contribution in [0.25, 0.3) is 0 Å². The summed E-state index contributed by atoms with van der Waals surface area (Å²) in [6.45, 7) is 2.34. The molecule has 2 rings (SSSR count). The first-order valence-electron chi connectivity index (χ1n) is 6.95. The first-order chi connectivity index (χ1) is 8.83. The van der Waals surface area contributed by atoms with Gasteiger partial charge in [-0.1, -0.05) is 0 Å². The molecule has 1 saturated carbocycles. The molecule has 0 aromatic carbocycles. The van der Waals surface area contributed by atoms with E-state index in [1.807, 2.05) is 0 Å². The molecule has 0 unspecified atom stereocenters. The first-order valence-corrected chi connectivity index (χ1v) is 6.95. The molecule has 1 saturated heterocycles. The van der Waals surface area contributed by atoms with Gasteiger partial charge in [0, 0.05) is 31.5 Å². The zero-order valence-electron chi connectivity index (χ0n) is 11.1. The van der Waals surface area contributed by atoms with Crippen LogP contribution >= 0.6 is 0 Å². The first kappa shape index (κ1) is 13.8. The smallest absolute Gasteiger partial charge is 0.160 e. The normalized spacial score (nSPS) is 37.1. The molecular formula is C14H23NO3. The summed E-state index contributed by atoms with van der Waals surface area (Å²) >= 11 is 0. The minimum Gasteiger partial charge on any atom is -0.385 e. The van der Waals surface area contributed by atoms with Crippen molar-refractivity contribution in [2.45, 2.75) is 38.4 Å². The van der Waals surface area contributed by atoms with Crippen molar-refractivity contribution in [2.75, 3.05) is 26.9 Å². The fourth-order valence-electron chi connectivity index (χ4n) is 2.80. The molecule has 0 amide bonds. The highest BCUT2D eigenvalue weighted by Gasteiger charge is 2.32. The van der Waals surface area contributed by atoms with Crippen molar-refractivity contribution in [3.8, 4) is 6.07 Å². The monoisotopic (exact) mass is 253 g/mol. The van der Waals surface area contributed by atoms with Crippen LogP contribution in [0.5, 0.6) is 0 Å². The zero-order chi connectivity index (χ0) is 12.8. The van der Waals surface area contributed by atoms with Crippen LogP contribution in [0.4, 0.5) is 0 Å². The van der Waals surface area contributed by atoms with Crippen LogP contribution in [-0.2, 0) is 14.2 Å². The van der Waals surface area contributed by atoms with Gasteiger partial charge in [-0.25, -0.2) is 0 Å². The summed E-state index contributed by atoms with van der Waals surface area (Å²) in [6.07, 6.45) is 5.08. The van der Waals surface area contributed by atoms with Crippen LogP contribution in [0.15, 0.2) is 0 Å². The summed E-state index contributed by atoms with van der Waals surface area (Å²) in [5.41, 5.74) is 0. The second-order valence-corrected chi connectivity index (χ2v) is 5.42. The van der Waals surface area contributed by atoms with Gasteiger partial charge in [-0.2, -0.15) is 5.26 Å². The topological polar surface area (TPSA) is 51.5 Å². The van der Waals surface area contributed by atoms with Crippen LogP contribution in [0.1, 0.15) is 32.1 Å². The Labute approximate surface area is 109 Å². The Bertz CT molecular complexity index is 273. The Hall–Kier alpha value is -0.630. The fourth-order valence-corrected chi connectivity index (χ4v) is 2.80. The minimum absolute atomic E-state index is 0.0385. The summed E-state index contributed by atoms with van der Waals surface area (Å²) in [4.78, 5) is 0. The highest BCUT2D eigenvalue weighted by atomic mass is 16.7. The SMILES string of the molecule is COCC[C@H]1CO[C@H](C2CCC(C#N)CC2)OC1. The minimum atomic E-state index is -0.0385. The maximum Gasteiger partial charge on any atom is 0.160 e. The van der Waals surface area contributed by atoms with Crippen LogP contribution in [0, 0.1) is 29.1 Å². The van der Waals surface area contributed by atoms with E-state index in [0.29, 0.717) is 11.8 Å². The van der Waals surface area contributed by atoms with Crippen LogP contribution in [0.3, 0.4) is 0 Å². The van der Waals surface area contributed by atoms with E-state index < -0.39 is 0 Å². The predicted molar refractivity (Wildman–Crippen MR) is 66.7 cm³/mol. The van der Waals surface area contributed by atoms with Crippen LogP contribution < -0.4 is 0 Å². The number of hydrogen-bond donors (Lipinski definition) is 0. The second kappa shape index (κ2) is 7.08. The van der Waals surface area contributed by atoms with Gasteiger partial charge < -0.3 is 14.2 Å². The van der Waals surface area contributed by atoms with E-state index in [-0.39, 0.29) is 12.2 Å². The largest absolute Gasteiger partial charge is 0.385 e. The van der Waals surface area contributed by atoms with Crippen molar-refractivity contribution in [2.24, 2.45) is 17.8 Å². The third kappa shape index (κ3) is 3.68. The Morgan fingerprint density at radius 2 is 1.83 bits per heavy atom. The van der Waals surface area contributed by atoms with Gasteiger partial charge in [0.15, 0.2) is 6.29 Å². The molecule has 2 fully saturated rings. The van der Waals surface area contributed by atoms with Gasteiger partial charge in [0.05, 0.1) is 19.3 Å². The van der Waals surface area contributed by atoms with Gasteiger partial charge in [-0.3, -0.25) is 0 Å². The van der Waals surface area contributed by atoms with Gasteiger partial charge in [0.2, 0.25) is 0 Å². The van der Waals surface area contributed by atoms with E-state index in [1.165, 1.54) is 0 Å². The van der Waals surface area contributed by atoms with Crippen molar-refractivity contribution in [1.82, 2.24) is 0 Å². The van der Waals surface area contributed by atoms with Gasteiger partial charge in [0.25, 0.3) is 0 Å². The highest BCUT2D eigenvalue weighted by molar-refractivity contribution is 4.88. The Morgan fingerprint density at radius 3 is 2.39 bits per heavy atom. The summed E-state index contributed by atoms with van der Waals surface area (Å²) < 4.78 is 16.7. The number of ether oxygens (including phenoxy) is 3. The average molecular weight is 253 g/mol. The number of nitrogens with zero attached hydrogens (tertiary/aromatic N) is 1. The molecule has 0 N–H and O–H groups in total. The lowest BCUT2D eigenvalue weighted by Crippen LogP contribution is -2.38. The van der Waals surface area contributed by atoms with Crippen LogP contribution in [-0.4, -0.2) is 33.2 Å². The third-order valence-electron chi connectivity index (χ3n) is 4.06. The number of methoxy groups -OCH3 is 1. The van der Waals surface area contributed by atoms with Crippen LogP contribution in [0.2, 0.25) is 0 Å². The summed E-state index contributed by atoms with van der Waals surface area (Å²) in [5.74, 6) is 1.20. The van der Waals surface area contributed by atoms with Crippen molar-refractivity contribution < 1.29 is 14.2 Å². The molecular weight excluding hydrogens is 230 g/mol. The molecule has 0 spiro atoms. The third-order valence-corrected chi connectivity index (χ3v) is 4.06. The Morgan fingerprint density at radius 1 is 1.17 bits per heavy atom. The lowest BCUT2D eigenvalue weighted by Gasteiger charge is -2.36. The molecule has 2 aliphatic rings. The van der Waals surface area contributed by atoms with Gasteiger partial charge in [-0.15, -0.1) is 0 Å².